The fourth-order valence-electron chi connectivity index (χ4n) is 2.05. The number of fused-ring (bicyclic) bond motifs is 1. The number of furan rings is 1. The fourth-order valence-corrected chi connectivity index (χ4v) is 2.05. The predicted octanol–water partition coefficient (Wildman–Crippen LogP) is 1.55. The normalized spacial score (nSPS) is 14.9. The zero-order chi connectivity index (χ0) is 13.2. The number of hydrogen-bond donors (Lipinski definition) is 2. The zero-order valence-electron chi connectivity index (χ0n) is 11.0. The van der Waals surface area contributed by atoms with Crippen molar-refractivity contribution in [1.29, 1.82) is 0 Å². The van der Waals surface area contributed by atoms with E-state index in [2.05, 4.69) is 10.3 Å². The lowest BCUT2D eigenvalue weighted by Gasteiger charge is -2.27. The third kappa shape index (κ3) is 3.00. The Morgan fingerprint density at radius 2 is 2.22 bits per heavy atom. The summed E-state index contributed by atoms with van der Waals surface area (Å²) in [5.74, 6) is 0.736. The molecule has 2 aromatic rings. The average molecular weight is 249 g/mol. The van der Waals surface area contributed by atoms with Crippen LogP contribution in [0.25, 0.3) is 11.0 Å². The highest BCUT2D eigenvalue weighted by Crippen LogP contribution is 2.22. The molecule has 98 valence electrons. The van der Waals surface area contributed by atoms with Gasteiger partial charge in [0.1, 0.15) is 11.4 Å². The minimum atomic E-state index is -0.808. The van der Waals surface area contributed by atoms with E-state index in [0.717, 1.165) is 16.8 Å². The standard InChI is InChI=1S/C13H19N3O2/c1-13(17,9-16(2)3)8-15-12-10-5-7-18-11(10)4-6-14-12/h4-7,17H,8-9H2,1-3H3,(H,14,15). The van der Waals surface area contributed by atoms with Crippen molar-refractivity contribution in [2.45, 2.75) is 12.5 Å². The molecule has 0 aliphatic rings. The van der Waals surface area contributed by atoms with Crippen LogP contribution in [0.1, 0.15) is 6.92 Å². The zero-order valence-corrected chi connectivity index (χ0v) is 11.0. The molecule has 0 radical (unpaired) electrons. The van der Waals surface area contributed by atoms with E-state index in [-0.39, 0.29) is 0 Å². The molecular formula is C13H19N3O2. The summed E-state index contributed by atoms with van der Waals surface area (Å²) in [4.78, 5) is 6.22. The molecule has 2 aromatic heterocycles. The minimum Gasteiger partial charge on any atom is -0.464 e. The topological polar surface area (TPSA) is 61.5 Å². The molecule has 0 saturated heterocycles. The molecule has 0 aliphatic heterocycles. The maximum absolute atomic E-state index is 10.2. The number of nitrogens with zero attached hydrogens (tertiary/aromatic N) is 2. The molecule has 2 rings (SSSR count). The van der Waals surface area contributed by atoms with E-state index in [1.165, 1.54) is 0 Å². The van der Waals surface area contributed by atoms with Gasteiger partial charge in [0, 0.05) is 19.3 Å². The molecule has 0 spiro atoms. The lowest BCUT2D eigenvalue weighted by molar-refractivity contribution is 0.0459. The van der Waals surface area contributed by atoms with Crippen LogP contribution < -0.4 is 5.32 Å². The van der Waals surface area contributed by atoms with Gasteiger partial charge >= 0.3 is 0 Å². The van der Waals surface area contributed by atoms with Crippen molar-refractivity contribution >= 4 is 16.8 Å². The average Bonchev–Trinajstić information content (AvgIpc) is 2.72. The lowest BCUT2D eigenvalue weighted by Crippen LogP contribution is -2.43. The second-order valence-corrected chi connectivity index (χ2v) is 5.08. The monoisotopic (exact) mass is 249 g/mol. The number of aromatic nitrogens is 1. The smallest absolute Gasteiger partial charge is 0.139 e. The van der Waals surface area contributed by atoms with Crippen LogP contribution in [-0.4, -0.2) is 47.8 Å². The number of likely N-dealkylation sites (N-methyl/N-ethyl adjacent to an activating group) is 1. The minimum absolute atomic E-state index is 0.433. The molecule has 0 aliphatic carbocycles. The first kappa shape index (κ1) is 12.9. The molecule has 0 saturated carbocycles. The Balaban J connectivity index is 2.08. The van der Waals surface area contributed by atoms with Crippen LogP contribution in [0.2, 0.25) is 0 Å². The summed E-state index contributed by atoms with van der Waals surface area (Å²) >= 11 is 0. The van der Waals surface area contributed by atoms with Crippen LogP contribution in [-0.2, 0) is 0 Å². The Kier molecular flexibility index (Phi) is 3.54. The molecule has 18 heavy (non-hydrogen) atoms. The molecule has 1 atom stereocenters. The van der Waals surface area contributed by atoms with Gasteiger partial charge in [-0.15, -0.1) is 0 Å². The highest BCUT2D eigenvalue weighted by atomic mass is 16.3. The summed E-state index contributed by atoms with van der Waals surface area (Å²) in [5, 5.41) is 14.3. The summed E-state index contributed by atoms with van der Waals surface area (Å²) in [6.07, 6.45) is 3.32. The van der Waals surface area contributed by atoms with E-state index in [4.69, 9.17) is 4.42 Å². The van der Waals surface area contributed by atoms with Gasteiger partial charge in [-0.2, -0.15) is 0 Å². The second kappa shape index (κ2) is 4.96. The molecule has 1 unspecified atom stereocenters. The van der Waals surface area contributed by atoms with Gasteiger partial charge in [0.25, 0.3) is 0 Å². The van der Waals surface area contributed by atoms with E-state index in [0.29, 0.717) is 13.1 Å². The van der Waals surface area contributed by atoms with Crippen LogP contribution in [0.5, 0.6) is 0 Å². The van der Waals surface area contributed by atoms with Gasteiger partial charge in [0.15, 0.2) is 0 Å². The molecule has 2 heterocycles. The molecule has 5 heteroatoms. The van der Waals surface area contributed by atoms with E-state index >= 15 is 0 Å². The summed E-state index contributed by atoms with van der Waals surface area (Å²) < 4.78 is 5.30. The SMILES string of the molecule is CN(C)CC(C)(O)CNc1nccc2occc12. The van der Waals surface area contributed by atoms with Crippen molar-refractivity contribution in [3.05, 3.63) is 24.6 Å². The number of aliphatic hydroxyl groups is 1. The third-order valence-electron chi connectivity index (χ3n) is 2.67. The summed E-state index contributed by atoms with van der Waals surface area (Å²) in [6, 6.07) is 3.68. The predicted molar refractivity (Wildman–Crippen MR) is 71.7 cm³/mol. The van der Waals surface area contributed by atoms with E-state index in [9.17, 15) is 5.11 Å². The summed E-state index contributed by atoms with van der Waals surface area (Å²) in [7, 11) is 3.87. The van der Waals surface area contributed by atoms with Gasteiger partial charge in [0.05, 0.1) is 17.3 Å². The van der Waals surface area contributed by atoms with Crippen molar-refractivity contribution in [3.63, 3.8) is 0 Å². The molecule has 2 N–H and O–H groups in total. The maximum Gasteiger partial charge on any atom is 0.139 e. The molecule has 5 nitrogen and oxygen atoms in total. The largest absolute Gasteiger partial charge is 0.464 e. The maximum atomic E-state index is 10.2. The number of rotatable bonds is 5. The van der Waals surface area contributed by atoms with Crippen LogP contribution in [0.15, 0.2) is 29.0 Å². The first-order valence-electron chi connectivity index (χ1n) is 5.91. The fraction of sp³-hybridized carbons (Fsp3) is 0.462. The van der Waals surface area contributed by atoms with Crippen LogP contribution in [0, 0.1) is 0 Å². The van der Waals surface area contributed by atoms with Crippen molar-refractivity contribution in [2.24, 2.45) is 0 Å². The van der Waals surface area contributed by atoms with Gasteiger partial charge in [-0.25, -0.2) is 4.98 Å². The Morgan fingerprint density at radius 3 is 2.94 bits per heavy atom. The molecular weight excluding hydrogens is 230 g/mol. The van der Waals surface area contributed by atoms with Crippen LogP contribution in [0.3, 0.4) is 0 Å². The number of anilines is 1. The summed E-state index contributed by atoms with van der Waals surface area (Å²) in [5.41, 5.74) is -0.0170. The van der Waals surface area contributed by atoms with Crippen molar-refractivity contribution < 1.29 is 9.52 Å². The van der Waals surface area contributed by atoms with E-state index in [1.807, 2.05) is 31.1 Å². The highest BCUT2D eigenvalue weighted by molar-refractivity contribution is 5.87. The molecule has 0 amide bonds. The van der Waals surface area contributed by atoms with Crippen LogP contribution in [0.4, 0.5) is 5.82 Å². The van der Waals surface area contributed by atoms with Crippen LogP contribution >= 0.6 is 0 Å². The number of hydrogen-bond acceptors (Lipinski definition) is 5. The van der Waals surface area contributed by atoms with Gasteiger partial charge < -0.3 is 19.7 Å². The first-order valence-corrected chi connectivity index (χ1v) is 5.91. The first-order chi connectivity index (χ1) is 8.48. The quantitative estimate of drug-likeness (QED) is 0.842. The van der Waals surface area contributed by atoms with E-state index < -0.39 is 5.60 Å². The lowest BCUT2D eigenvalue weighted by atomic mass is 10.1. The highest BCUT2D eigenvalue weighted by Gasteiger charge is 2.21. The Hall–Kier alpha value is -1.59. The second-order valence-electron chi connectivity index (χ2n) is 5.08. The van der Waals surface area contributed by atoms with Crippen molar-refractivity contribution in [2.75, 3.05) is 32.5 Å². The number of nitrogens with one attached hydrogen (secondary N) is 1. The van der Waals surface area contributed by atoms with Gasteiger partial charge in [-0.1, -0.05) is 0 Å². The summed E-state index contributed by atoms with van der Waals surface area (Å²) in [6.45, 7) is 2.82. The Labute approximate surface area is 106 Å². The van der Waals surface area contributed by atoms with Gasteiger partial charge in [-0.3, -0.25) is 0 Å². The number of pyridine rings is 1. The molecule has 0 aromatic carbocycles. The van der Waals surface area contributed by atoms with E-state index in [1.54, 1.807) is 19.4 Å². The van der Waals surface area contributed by atoms with Crippen molar-refractivity contribution in [3.8, 4) is 0 Å². The Bertz CT molecular complexity index is 520. The van der Waals surface area contributed by atoms with Gasteiger partial charge in [-0.05, 0) is 33.2 Å². The third-order valence-corrected chi connectivity index (χ3v) is 2.67. The molecule has 0 bridgehead atoms. The Morgan fingerprint density at radius 1 is 1.44 bits per heavy atom. The molecule has 0 fully saturated rings. The van der Waals surface area contributed by atoms with Gasteiger partial charge in [0.2, 0.25) is 0 Å². The van der Waals surface area contributed by atoms with Crippen molar-refractivity contribution in [1.82, 2.24) is 9.88 Å².